The molecule has 1 aliphatic rings. The highest BCUT2D eigenvalue weighted by molar-refractivity contribution is 5.81. The molecular formula is C16H21N7O. The second kappa shape index (κ2) is 6.43. The number of rotatable bonds is 4. The van der Waals surface area contributed by atoms with Crippen molar-refractivity contribution in [3.05, 3.63) is 18.7 Å². The molecule has 1 N–H and O–H groups in total. The van der Waals surface area contributed by atoms with Crippen LogP contribution < -0.4 is 10.2 Å². The summed E-state index contributed by atoms with van der Waals surface area (Å²) in [4.78, 5) is 19.1. The summed E-state index contributed by atoms with van der Waals surface area (Å²) >= 11 is 0. The molecule has 0 unspecified atom stereocenters. The largest absolute Gasteiger partial charge is 0.352 e. The molecule has 3 atom stereocenters. The van der Waals surface area contributed by atoms with Crippen LogP contribution in [-0.4, -0.2) is 44.6 Å². The summed E-state index contributed by atoms with van der Waals surface area (Å²) in [7, 11) is 0. The van der Waals surface area contributed by atoms with Gasteiger partial charge in [-0.05, 0) is 11.8 Å². The van der Waals surface area contributed by atoms with E-state index in [-0.39, 0.29) is 23.7 Å². The van der Waals surface area contributed by atoms with Crippen LogP contribution in [0.15, 0.2) is 18.7 Å². The fourth-order valence-corrected chi connectivity index (χ4v) is 3.06. The number of carbonyl (C=O) groups excluding carboxylic acids is 1. The highest BCUT2D eigenvalue weighted by Crippen LogP contribution is 2.29. The number of anilines is 1. The number of fused-ring (bicyclic) bond motifs is 1. The number of amides is 1. The molecule has 0 saturated carbocycles. The monoisotopic (exact) mass is 327 g/mol. The van der Waals surface area contributed by atoms with Gasteiger partial charge in [0.2, 0.25) is 11.6 Å². The van der Waals surface area contributed by atoms with E-state index in [0.717, 1.165) is 12.4 Å². The van der Waals surface area contributed by atoms with Crippen molar-refractivity contribution in [2.24, 2.45) is 17.8 Å². The first kappa shape index (κ1) is 16.2. The summed E-state index contributed by atoms with van der Waals surface area (Å²) in [5.41, 5.74) is 0.683. The van der Waals surface area contributed by atoms with Gasteiger partial charge in [-0.15, -0.1) is 10.2 Å². The molecule has 8 nitrogen and oxygen atoms in total. The minimum atomic E-state index is -0.461. The van der Waals surface area contributed by atoms with E-state index in [1.54, 1.807) is 18.7 Å². The van der Waals surface area contributed by atoms with Crippen molar-refractivity contribution in [2.75, 3.05) is 18.0 Å². The summed E-state index contributed by atoms with van der Waals surface area (Å²) in [6, 6.07) is 1.69. The summed E-state index contributed by atoms with van der Waals surface area (Å²) in [5.74, 6) is 0.737. The number of nitrogens with zero attached hydrogens (tertiary/aromatic N) is 6. The maximum Gasteiger partial charge on any atom is 0.226 e. The fourth-order valence-electron chi connectivity index (χ4n) is 3.06. The number of nitriles is 1. The van der Waals surface area contributed by atoms with Crippen LogP contribution in [0.5, 0.6) is 0 Å². The Balaban J connectivity index is 1.76. The van der Waals surface area contributed by atoms with Crippen LogP contribution in [0, 0.1) is 29.1 Å². The van der Waals surface area contributed by atoms with E-state index < -0.39 is 6.04 Å². The molecule has 1 saturated heterocycles. The van der Waals surface area contributed by atoms with Crippen LogP contribution in [0.3, 0.4) is 0 Å². The summed E-state index contributed by atoms with van der Waals surface area (Å²) in [5, 5.41) is 20.1. The Labute approximate surface area is 140 Å². The third-order valence-corrected chi connectivity index (χ3v) is 4.55. The summed E-state index contributed by atoms with van der Waals surface area (Å²) in [6.07, 6.45) is 5.13. The lowest BCUT2D eigenvalue weighted by atomic mass is 9.96. The fraction of sp³-hybridized carbons (Fsp3) is 0.562. The van der Waals surface area contributed by atoms with Gasteiger partial charge in [0, 0.05) is 25.5 Å². The van der Waals surface area contributed by atoms with Crippen LogP contribution in [0.25, 0.3) is 5.65 Å². The summed E-state index contributed by atoms with van der Waals surface area (Å²) in [6.45, 7) is 7.17. The minimum Gasteiger partial charge on any atom is -0.352 e. The molecule has 0 radical (unpaired) electrons. The molecule has 0 aliphatic carbocycles. The molecule has 126 valence electrons. The number of nitrogens with one attached hydrogen (secondary N) is 1. The molecule has 2 aromatic rings. The van der Waals surface area contributed by atoms with Gasteiger partial charge in [-0.3, -0.25) is 9.20 Å². The van der Waals surface area contributed by atoms with E-state index in [1.807, 2.05) is 25.2 Å². The lowest BCUT2D eigenvalue weighted by molar-refractivity contribution is -0.126. The van der Waals surface area contributed by atoms with Gasteiger partial charge >= 0.3 is 0 Å². The highest BCUT2D eigenvalue weighted by atomic mass is 16.2. The molecule has 0 spiro atoms. The maximum atomic E-state index is 12.6. The first-order chi connectivity index (χ1) is 11.5. The van der Waals surface area contributed by atoms with Crippen molar-refractivity contribution in [3.8, 4) is 6.07 Å². The number of hydrogen-bond acceptors (Lipinski definition) is 6. The molecule has 0 bridgehead atoms. The zero-order valence-corrected chi connectivity index (χ0v) is 14.0. The Hall–Kier alpha value is -2.69. The van der Waals surface area contributed by atoms with E-state index in [2.05, 4.69) is 31.5 Å². The van der Waals surface area contributed by atoms with Gasteiger partial charge in [-0.25, -0.2) is 4.98 Å². The van der Waals surface area contributed by atoms with Crippen LogP contribution >= 0.6 is 0 Å². The van der Waals surface area contributed by atoms with Crippen molar-refractivity contribution in [1.82, 2.24) is 24.9 Å². The highest BCUT2D eigenvalue weighted by Gasteiger charge is 2.37. The van der Waals surface area contributed by atoms with Gasteiger partial charge in [-0.1, -0.05) is 20.8 Å². The standard InChI is InChI=1S/C16H21N7O/c1-10(2)13(6-17)20-16(24)12-8-23(7-11(12)3)14-15-21-19-9-22(15)5-4-18-14/h4-5,9-13H,7-8H2,1-3H3,(H,20,24)/t11-,12-,13-/m0/s1. The molecule has 3 rings (SSSR count). The molecule has 24 heavy (non-hydrogen) atoms. The number of aromatic nitrogens is 4. The Morgan fingerprint density at radius 2 is 2.25 bits per heavy atom. The first-order valence-corrected chi connectivity index (χ1v) is 8.10. The molecule has 1 aliphatic heterocycles. The quantitative estimate of drug-likeness (QED) is 0.894. The number of hydrogen-bond donors (Lipinski definition) is 1. The van der Waals surface area contributed by atoms with Gasteiger partial charge in [-0.2, -0.15) is 5.26 Å². The lowest BCUT2D eigenvalue weighted by Gasteiger charge is -2.20. The maximum absolute atomic E-state index is 12.6. The number of carbonyl (C=O) groups is 1. The molecule has 3 heterocycles. The first-order valence-electron chi connectivity index (χ1n) is 8.10. The van der Waals surface area contributed by atoms with Crippen molar-refractivity contribution in [1.29, 1.82) is 5.26 Å². The van der Waals surface area contributed by atoms with E-state index in [1.165, 1.54) is 0 Å². The van der Waals surface area contributed by atoms with Gasteiger partial charge in [0.15, 0.2) is 5.82 Å². The molecule has 0 aromatic carbocycles. The second-order valence-electron chi connectivity index (χ2n) is 6.66. The van der Waals surface area contributed by atoms with Crippen molar-refractivity contribution >= 4 is 17.4 Å². The van der Waals surface area contributed by atoms with Crippen LogP contribution in [0.2, 0.25) is 0 Å². The van der Waals surface area contributed by atoms with Crippen LogP contribution in [0.1, 0.15) is 20.8 Å². The van der Waals surface area contributed by atoms with Crippen molar-refractivity contribution in [2.45, 2.75) is 26.8 Å². The second-order valence-corrected chi connectivity index (χ2v) is 6.66. The average molecular weight is 327 g/mol. The van der Waals surface area contributed by atoms with Gasteiger partial charge in [0.1, 0.15) is 12.4 Å². The SMILES string of the molecule is CC(C)[C@H](C#N)NC(=O)[C@H]1CN(c2nccn3cnnc23)C[C@@H]1C. The predicted octanol–water partition coefficient (Wildman–Crippen LogP) is 0.861. The normalized spacial score (nSPS) is 21.9. The Morgan fingerprint density at radius 3 is 2.96 bits per heavy atom. The smallest absolute Gasteiger partial charge is 0.226 e. The molecule has 1 fully saturated rings. The summed E-state index contributed by atoms with van der Waals surface area (Å²) < 4.78 is 1.81. The Morgan fingerprint density at radius 1 is 1.46 bits per heavy atom. The molecular weight excluding hydrogens is 306 g/mol. The van der Waals surface area contributed by atoms with Crippen molar-refractivity contribution in [3.63, 3.8) is 0 Å². The van der Waals surface area contributed by atoms with Gasteiger partial charge in [0.25, 0.3) is 0 Å². The van der Waals surface area contributed by atoms with Crippen LogP contribution in [0.4, 0.5) is 5.82 Å². The van der Waals surface area contributed by atoms with E-state index >= 15 is 0 Å². The Kier molecular flexibility index (Phi) is 4.34. The molecule has 2 aromatic heterocycles. The minimum absolute atomic E-state index is 0.0707. The van der Waals surface area contributed by atoms with E-state index in [4.69, 9.17) is 0 Å². The van der Waals surface area contributed by atoms with Crippen LogP contribution in [-0.2, 0) is 4.79 Å². The van der Waals surface area contributed by atoms with E-state index in [9.17, 15) is 10.1 Å². The van der Waals surface area contributed by atoms with Crippen molar-refractivity contribution < 1.29 is 4.79 Å². The van der Waals surface area contributed by atoms with Gasteiger partial charge < -0.3 is 10.2 Å². The average Bonchev–Trinajstić information content (AvgIpc) is 3.18. The molecule has 8 heteroatoms. The third kappa shape index (κ3) is 2.89. The third-order valence-electron chi connectivity index (χ3n) is 4.55. The molecule has 1 amide bonds. The zero-order chi connectivity index (χ0) is 17.3. The lowest BCUT2D eigenvalue weighted by Crippen LogP contribution is -2.42. The predicted molar refractivity (Wildman–Crippen MR) is 88.0 cm³/mol. The van der Waals surface area contributed by atoms with Gasteiger partial charge in [0.05, 0.1) is 12.0 Å². The Bertz CT molecular complexity index is 778. The van der Waals surface area contributed by atoms with E-state index in [0.29, 0.717) is 12.2 Å². The topological polar surface area (TPSA) is 99.2 Å². The zero-order valence-electron chi connectivity index (χ0n) is 14.0.